The molecular formula is C20H16ClNO2S. The number of ether oxygens (including phenoxy) is 1. The Bertz CT molecular complexity index is 950. The minimum absolute atomic E-state index is 0.00645. The lowest BCUT2D eigenvalue weighted by Crippen LogP contribution is -2.22. The van der Waals surface area contributed by atoms with Crippen LogP contribution in [0.4, 0.5) is 5.69 Å². The second-order valence-electron chi connectivity index (χ2n) is 5.92. The number of fused-ring (bicyclic) bond motifs is 1. The zero-order chi connectivity index (χ0) is 17.4. The Labute approximate surface area is 155 Å². The van der Waals surface area contributed by atoms with E-state index in [2.05, 4.69) is 10.7 Å². The zero-order valence-corrected chi connectivity index (χ0v) is 15.2. The topological polar surface area (TPSA) is 38.3 Å². The highest BCUT2D eigenvalue weighted by atomic mass is 35.5. The van der Waals surface area contributed by atoms with Crippen LogP contribution in [-0.2, 0) is 4.79 Å². The molecule has 2 aromatic carbocycles. The number of benzene rings is 2. The van der Waals surface area contributed by atoms with Gasteiger partial charge in [-0.1, -0.05) is 48.0 Å². The van der Waals surface area contributed by atoms with Crippen LogP contribution in [0.15, 0.2) is 53.9 Å². The Hall–Kier alpha value is -2.30. The highest BCUT2D eigenvalue weighted by Crippen LogP contribution is 2.49. The number of methoxy groups -OCH3 is 1. The van der Waals surface area contributed by atoms with Crippen molar-refractivity contribution in [2.45, 2.75) is 12.3 Å². The largest absolute Gasteiger partial charge is 0.496 e. The van der Waals surface area contributed by atoms with Gasteiger partial charge in [0.2, 0.25) is 5.91 Å². The summed E-state index contributed by atoms with van der Waals surface area (Å²) in [5, 5.41) is 5.83. The first-order chi connectivity index (χ1) is 12.2. The molecule has 3 aromatic rings. The fourth-order valence-corrected chi connectivity index (χ4v) is 4.71. The molecule has 0 radical (unpaired) electrons. The first-order valence-corrected chi connectivity index (χ1v) is 9.24. The van der Waals surface area contributed by atoms with Gasteiger partial charge < -0.3 is 10.1 Å². The molecule has 3 nitrogen and oxygen atoms in total. The van der Waals surface area contributed by atoms with Crippen molar-refractivity contribution in [2.24, 2.45) is 0 Å². The van der Waals surface area contributed by atoms with Crippen molar-refractivity contribution >= 4 is 34.5 Å². The van der Waals surface area contributed by atoms with E-state index in [0.29, 0.717) is 11.4 Å². The second-order valence-corrected chi connectivity index (χ2v) is 7.23. The van der Waals surface area contributed by atoms with Crippen LogP contribution < -0.4 is 10.1 Å². The number of amides is 1. The predicted octanol–water partition coefficient (Wildman–Crippen LogP) is 5.55. The van der Waals surface area contributed by atoms with Crippen LogP contribution in [0.2, 0.25) is 5.02 Å². The summed E-state index contributed by atoms with van der Waals surface area (Å²) in [5.74, 6) is 0.773. The number of thiophene rings is 1. The Kier molecular flexibility index (Phi) is 4.24. The Morgan fingerprint density at radius 1 is 1.12 bits per heavy atom. The van der Waals surface area contributed by atoms with Gasteiger partial charge in [0.25, 0.3) is 0 Å². The molecule has 1 aliphatic heterocycles. The normalized spacial score (nSPS) is 16.2. The van der Waals surface area contributed by atoms with Crippen molar-refractivity contribution < 1.29 is 9.53 Å². The average molecular weight is 370 g/mol. The van der Waals surface area contributed by atoms with E-state index >= 15 is 0 Å². The second kappa shape index (κ2) is 6.54. The van der Waals surface area contributed by atoms with Crippen LogP contribution in [0.3, 0.4) is 0 Å². The van der Waals surface area contributed by atoms with E-state index in [1.54, 1.807) is 18.4 Å². The van der Waals surface area contributed by atoms with E-state index in [1.165, 1.54) is 0 Å². The minimum atomic E-state index is -0.0223. The lowest BCUT2D eigenvalue weighted by molar-refractivity contribution is -0.116. The highest BCUT2D eigenvalue weighted by molar-refractivity contribution is 7.11. The van der Waals surface area contributed by atoms with Crippen LogP contribution in [0.1, 0.15) is 22.8 Å². The Morgan fingerprint density at radius 3 is 2.68 bits per heavy atom. The maximum absolute atomic E-state index is 12.4. The molecule has 0 saturated carbocycles. The summed E-state index contributed by atoms with van der Waals surface area (Å²) in [6.07, 6.45) is 0.405. The molecule has 25 heavy (non-hydrogen) atoms. The lowest BCUT2D eigenvalue weighted by atomic mass is 9.89. The van der Waals surface area contributed by atoms with Gasteiger partial charge in [-0.15, -0.1) is 11.3 Å². The van der Waals surface area contributed by atoms with Crippen LogP contribution in [-0.4, -0.2) is 13.0 Å². The zero-order valence-electron chi connectivity index (χ0n) is 13.6. The number of rotatable bonds is 3. The van der Waals surface area contributed by atoms with Gasteiger partial charge in [-0.25, -0.2) is 0 Å². The summed E-state index contributed by atoms with van der Waals surface area (Å²) in [7, 11) is 1.66. The third-order valence-electron chi connectivity index (χ3n) is 4.47. The monoisotopic (exact) mass is 369 g/mol. The number of halogens is 1. The number of para-hydroxylation sites is 1. The summed E-state index contributed by atoms with van der Waals surface area (Å²) in [6, 6.07) is 15.6. The van der Waals surface area contributed by atoms with Gasteiger partial charge in [0.05, 0.1) is 12.8 Å². The molecule has 0 aliphatic carbocycles. The number of hydrogen-bond acceptors (Lipinski definition) is 3. The molecule has 5 heteroatoms. The number of carbonyl (C=O) groups excluding carboxylic acids is 1. The first kappa shape index (κ1) is 16.2. The van der Waals surface area contributed by atoms with E-state index in [1.807, 2.05) is 48.5 Å². The number of hydrogen-bond donors (Lipinski definition) is 1. The third kappa shape index (κ3) is 2.81. The third-order valence-corrected chi connectivity index (χ3v) is 5.91. The van der Waals surface area contributed by atoms with Gasteiger partial charge in [-0.3, -0.25) is 4.79 Å². The number of carbonyl (C=O) groups is 1. The Morgan fingerprint density at radius 2 is 1.88 bits per heavy atom. The molecule has 1 N–H and O–H groups in total. The molecule has 1 amide bonds. The molecule has 4 rings (SSSR count). The number of nitrogens with one attached hydrogen (secondary N) is 1. The Balaban J connectivity index is 1.86. The molecule has 2 heterocycles. The van der Waals surface area contributed by atoms with Gasteiger partial charge >= 0.3 is 0 Å². The molecule has 1 aromatic heterocycles. The summed E-state index contributed by atoms with van der Waals surface area (Å²) in [5.41, 5.74) is 3.83. The van der Waals surface area contributed by atoms with Gasteiger partial charge in [0, 0.05) is 38.7 Å². The molecule has 1 atom stereocenters. The van der Waals surface area contributed by atoms with E-state index < -0.39 is 0 Å². The van der Waals surface area contributed by atoms with Crippen molar-refractivity contribution in [3.05, 3.63) is 69.4 Å². The molecule has 0 fully saturated rings. The van der Waals surface area contributed by atoms with Crippen molar-refractivity contribution in [1.82, 2.24) is 0 Å². The molecular weight excluding hydrogens is 354 g/mol. The maximum atomic E-state index is 12.4. The van der Waals surface area contributed by atoms with Crippen LogP contribution in [0.25, 0.3) is 11.1 Å². The lowest BCUT2D eigenvalue weighted by Gasteiger charge is -2.24. The molecule has 0 saturated heterocycles. The van der Waals surface area contributed by atoms with E-state index in [0.717, 1.165) is 33.0 Å². The number of anilines is 1. The molecule has 1 aliphatic rings. The summed E-state index contributed by atoms with van der Waals surface area (Å²) >= 11 is 8.05. The molecule has 0 unspecified atom stereocenters. The summed E-state index contributed by atoms with van der Waals surface area (Å²) in [4.78, 5) is 13.5. The molecule has 126 valence electrons. The van der Waals surface area contributed by atoms with E-state index in [4.69, 9.17) is 16.3 Å². The first-order valence-electron chi connectivity index (χ1n) is 7.98. The van der Waals surface area contributed by atoms with Crippen LogP contribution >= 0.6 is 22.9 Å². The maximum Gasteiger partial charge on any atom is 0.225 e. The van der Waals surface area contributed by atoms with Gasteiger partial charge in [-0.2, -0.15) is 0 Å². The fourth-order valence-electron chi connectivity index (χ4n) is 3.30. The highest BCUT2D eigenvalue weighted by Gasteiger charge is 2.31. The van der Waals surface area contributed by atoms with Gasteiger partial charge in [-0.05, 0) is 17.7 Å². The van der Waals surface area contributed by atoms with Crippen molar-refractivity contribution in [1.29, 1.82) is 0 Å². The van der Waals surface area contributed by atoms with Crippen molar-refractivity contribution in [3.63, 3.8) is 0 Å². The van der Waals surface area contributed by atoms with Gasteiger partial charge in [0.15, 0.2) is 0 Å². The average Bonchev–Trinajstić information content (AvgIpc) is 3.05. The summed E-state index contributed by atoms with van der Waals surface area (Å²) < 4.78 is 5.49. The molecule has 0 spiro atoms. The predicted molar refractivity (Wildman–Crippen MR) is 103 cm³/mol. The fraction of sp³-hybridized carbons (Fsp3) is 0.150. The molecule has 0 bridgehead atoms. The van der Waals surface area contributed by atoms with Gasteiger partial charge in [0.1, 0.15) is 5.75 Å². The van der Waals surface area contributed by atoms with Crippen molar-refractivity contribution in [2.75, 3.05) is 12.4 Å². The quantitative estimate of drug-likeness (QED) is 0.657. The van der Waals surface area contributed by atoms with Crippen LogP contribution in [0, 0.1) is 0 Å². The smallest absolute Gasteiger partial charge is 0.225 e. The minimum Gasteiger partial charge on any atom is -0.496 e. The van der Waals surface area contributed by atoms with E-state index in [-0.39, 0.29) is 11.8 Å². The summed E-state index contributed by atoms with van der Waals surface area (Å²) in [6.45, 7) is 0. The van der Waals surface area contributed by atoms with Crippen LogP contribution in [0.5, 0.6) is 5.75 Å². The SMILES string of the molecule is COc1ccccc1-c1csc2c1NC(=O)C[C@H]2c1ccccc1Cl. The standard InChI is InChI=1S/C20H16ClNO2S/c1-24-17-9-5-3-7-13(17)15-11-25-20-14(10-18(23)22-19(15)20)12-6-2-4-8-16(12)21/h2-9,11,14H,10H2,1H3,(H,22,23)/t14-/m0/s1. The van der Waals surface area contributed by atoms with E-state index in [9.17, 15) is 4.79 Å². The van der Waals surface area contributed by atoms with Crippen molar-refractivity contribution in [3.8, 4) is 16.9 Å².